The Balaban J connectivity index is 1.59. The van der Waals surface area contributed by atoms with Gasteiger partial charge in [0, 0.05) is 12.5 Å². The van der Waals surface area contributed by atoms with Crippen LogP contribution in [0.3, 0.4) is 0 Å². The number of ether oxygens (including phenoxy) is 1. The highest BCUT2D eigenvalue weighted by molar-refractivity contribution is 5.69. The van der Waals surface area contributed by atoms with Gasteiger partial charge in [0.15, 0.2) is 0 Å². The van der Waals surface area contributed by atoms with Gasteiger partial charge in [-0.25, -0.2) is 9.18 Å². The molecule has 19 heavy (non-hydrogen) atoms. The summed E-state index contributed by atoms with van der Waals surface area (Å²) in [5.74, 6) is -0.133. The standard InChI is InChI=1S/C15H16FNO2/c16-13-12-8-4-5-9-17(14(12)13)15(18)19-10-11-6-2-1-3-7-11/h1-4,6-8,12-14H,5,9-10H2/t12-,13-,14-/m0/s1. The summed E-state index contributed by atoms with van der Waals surface area (Å²) in [5, 5.41) is 0. The maximum absolute atomic E-state index is 13.5. The van der Waals surface area contributed by atoms with Gasteiger partial charge >= 0.3 is 6.09 Å². The minimum atomic E-state index is -0.930. The zero-order valence-corrected chi connectivity index (χ0v) is 10.5. The molecule has 0 radical (unpaired) electrons. The van der Waals surface area contributed by atoms with E-state index in [1.165, 1.54) is 4.90 Å². The third-order valence-electron chi connectivity index (χ3n) is 3.64. The van der Waals surface area contributed by atoms with Crippen molar-refractivity contribution in [2.75, 3.05) is 6.54 Å². The monoisotopic (exact) mass is 261 g/mol. The normalized spacial score (nSPS) is 28.5. The van der Waals surface area contributed by atoms with Crippen LogP contribution in [0.1, 0.15) is 12.0 Å². The minimum absolute atomic E-state index is 0.133. The molecule has 4 heteroatoms. The smallest absolute Gasteiger partial charge is 0.410 e. The van der Waals surface area contributed by atoms with Crippen molar-refractivity contribution >= 4 is 6.09 Å². The Bertz CT molecular complexity index is 488. The average molecular weight is 261 g/mol. The van der Waals surface area contributed by atoms with Crippen molar-refractivity contribution in [1.82, 2.24) is 4.90 Å². The van der Waals surface area contributed by atoms with E-state index in [-0.39, 0.29) is 18.6 Å². The van der Waals surface area contributed by atoms with E-state index < -0.39 is 12.3 Å². The number of hydrogen-bond donors (Lipinski definition) is 0. The van der Waals surface area contributed by atoms with E-state index in [4.69, 9.17) is 4.74 Å². The summed E-state index contributed by atoms with van der Waals surface area (Å²) in [7, 11) is 0. The van der Waals surface area contributed by atoms with Crippen LogP contribution in [0.25, 0.3) is 0 Å². The number of hydrogen-bond acceptors (Lipinski definition) is 2. The lowest BCUT2D eigenvalue weighted by Crippen LogP contribution is -2.35. The van der Waals surface area contributed by atoms with Gasteiger partial charge < -0.3 is 9.64 Å². The molecule has 3 nitrogen and oxygen atoms in total. The largest absolute Gasteiger partial charge is 0.445 e. The Labute approximate surface area is 111 Å². The molecule has 1 saturated carbocycles. The summed E-state index contributed by atoms with van der Waals surface area (Å²) in [4.78, 5) is 13.5. The van der Waals surface area contributed by atoms with Crippen molar-refractivity contribution in [1.29, 1.82) is 0 Å². The maximum Gasteiger partial charge on any atom is 0.410 e. The fraction of sp³-hybridized carbons (Fsp3) is 0.400. The van der Waals surface area contributed by atoms with Gasteiger partial charge in [-0.1, -0.05) is 42.5 Å². The molecule has 1 fully saturated rings. The van der Waals surface area contributed by atoms with E-state index in [0.717, 1.165) is 12.0 Å². The first-order chi connectivity index (χ1) is 9.27. The van der Waals surface area contributed by atoms with E-state index in [0.29, 0.717) is 6.54 Å². The third-order valence-corrected chi connectivity index (χ3v) is 3.64. The fourth-order valence-electron chi connectivity index (χ4n) is 2.51. The molecular formula is C15H16FNO2. The van der Waals surface area contributed by atoms with Crippen LogP contribution in [0.4, 0.5) is 9.18 Å². The van der Waals surface area contributed by atoms with Crippen LogP contribution in [0, 0.1) is 5.92 Å². The number of halogens is 1. The van der Waals surface area contributed by atoms with E-state index >= 15 is 0 Å². The quantitative estimate of drug-likeness (QED) is 0.766. The van der Waals surface area contributed by atoms with E-state index in [1.807, 2.05) is 42.5 Å². The number of carbonyl (C=O) groups excluding carboxylic acids is 1. The first-order valence-electron chi connectivity index (χ1n) is 6.55. The first-order valence-corrected chi connectivity index (χ1v) is 6.55. The second-order valence-corrected chi connectivity index (χ2v) is 4.96. The topological polar surface area (TPSA) is 29.5 Å². The molecule has 1 aliphatic carbocycles. The molecule has 1 aromatic rings. The second-order valence-electron chi connectivity index (χ2n) is 4.96. The summed E-state index contributed by atoms with van der Waals surface area (Å²) in [6.07, 6.45) is 3.24. The Hall–Kier alpha value is -1.84. The zero-order valence-electron chi connectivity index (χ0n) is 10.5. The highest BCUT2D eigenvalue weighted by Crippen LogP contribution is 2.42. The summed E-state index contributed by atoms with van der Waals surface area (Å²) >= 11 is 0. The van der Waals surface area contributed by atoms with Gasteiger partial charge in [0.2, 0.25) is 0 Å². The fourth-order valence-corrected chi connectivity index (χ4v) is 2.51. The number of alkyl halides is 1. The molecule has 3 atom stereocenters. The molecule has 3 rings (SSSR count). The van der Waals surface area contributed by atoms with Crippen LogP contribution >= 0.6 is 0 Å². The molecule has 1 aromatic carbocycles. The lowest BCUT2D eigenvalue weighted by Gasteiger charge is -2.20. The van der Waals surface area contributed by atoms with Crippen LogP contribution in [0.15, 0.2) is 42.5 Å². The molecule has 1 aliphatic heterocycles. The Morgan fingerprint density at radius 3 is 2.95 bits per heavy atom. The van der Waals surface area contributed by atoms with Gasteiger partial charge in [-0.2, -0.15) is 0 Å². The van der Waals surface area contributed by atoms with Gasteiger partial charge in [0.05, 0.1) is 6.04 Å². The number of amides is 1. The number of fused-ring (bicyclic) bond motifs is 1. The van der Waals surface area contributed by atoms with Crippen LogP contribution < -0.4 is 0 Å². The van der Waals surface area contributed by atoms with Crippen molar-refractivity contribution in [3.8, 4) is 0 Å². The molecule has 0 spiro atoms. The van der Waals surface area contributed by atoms with Gasteiger partial charge in [-0.3, -0.25) is 0 Å². The van der Waals surface area contributed by atoms with Crippen molar-refractivity contribution in [2.24, 2.45) is 5.92 Å². The van der Waals surface area contributed by atoms with Crippen molar-refractivity contribution in [2.45, 2.75) is 25.2 Å². The number of benzene rings is 1. The molecule has 2 aliphatic rings. The van der Waals surface area contributed by atoms with E-state index in [9.17, 15) is 9.18 Å². The summed E-state index contributed by atoms with van der Waals surface area (Å²) < 4.78 is 18.8. The Morgan fingerprint density at radius 1 is 1.37 bits per heavy atom. The van der Waals surface area contributed by atoms with E-state index in [1.54, 1.807) is 0 Å². The van der Waals surface area contributed by atoms with E-state index in [2.05, 4.69) is 0 Å². The van der Waals surface area contributed by atoms with Crippen molar-refractivity contribution in [3.63, 3.8) is 0 Å². The van der Waals surface area contributed by atoms with Gasteiger partial charge in [-0.05, 0) is 12.0 Å². The zero-order chi connectivity index (χ0) is 13.2. The second kappa shape index (κ2) is 5.03. The summed E-state index contributed by atoms with van der Waals surface area (Å²) in [6.45, 7) is 0.768. The molecule has 0 aromatic heterocycles. The van der Waals surface area contributed by atoms with Gasteiger partial charge in [0.25, 0.3) is 0 Å². The summed E-state index contributed by atoms with van der Waals surface area (Å²) in [6, 6.07) is 9.18. The van der Waals surface area contributed by atoms with Gasteiger partial charge in [-0.15, -0.1) is 0 Å². The third kappa shape index (κ3) is 2.48. The molecule has 0 N–H and O–H groups in total. The number of nitrogens with zero attached hydrogens (tertiary/aromatic N) is 1. The molecule has 0 saturated heterocycles. The lowest BCUT2D eigenvalue weighted by atomic mass is 10.2. The molecule has 0 bridgehead atoms. The average Bonchev–Trinajstić information content (AvgIpc) is 3.13. The maximum atomic E-state index is 13.5. The SMILES string of the molecule is O=C(OCc1ccccc1)N1CCC=C[C@H]2[C@H](F)[C@H]21. The predicted molar refractivity (Wildman–Crippen MR) is 69.3 cm³/mol. The van der Waals surface area contributed by atoms with Gasteiger partial charge in [0.1, 0.15) is 12.8 Å². The molecule has 1 heterocycles. The molecular weight excluding hydrogens is 245 g/mol. The molecule has 0 unspecified atom stereocenters. The Morgan fingerprint density at radius 2 is 2.16 bits per heavy atom. The van der Waals surface area contributed by atoms with Crippen LogP contribution in [-0.4, -0.2) is 29.8 Å². The molecule has 100 valence electrons. The predicted octanol–water partition coefficient (Wildman–Crippen LogP) is 2.92. The molecule has 1 amide bonds. The van der Waals surface area contributed by atoms with Crippen LogP contribution in [0.2, 0.25) is 0 Å². The van der Waals surface area contributed by atoms with Crippen LogP contribution in [-0.2, 0) is 11.3 Å². The Kier molecular flexibility index (Phi) is 3.23. The number of rotatable bonds is 2. The highest BCUT2D eigenvalue weighted by atomic mass is 19.1. The first kappa shape index (κ1) is 12.2. The lowest BCUT2D eigenvalue weighted by molar-refractivity contribution is 0.0908. The van der Waals surface area contributed by atoms with Crippen molar-refractivity contribution in [3.05, 3.63) is 48.0 Å². The van der Waals surface area contributed by atoms with Crippen LogP contribution in [0.5, 0.6) is 0 Å². The highest BCUT2D eigenvalue weighted by Gasteiger charge is 2.55. The van der Waals surface area contributed by atoms with Crippen molar-refractivity contribution < 1.29 is 13.9 Å². The summed E-state index contributed by atoms with van der Waals surface area (Å²) in [5.41, 5.74) is 0.938. The number of carbonyl (C=O) groups is 1. The minimum Gasteiger partial charge on any atom is -0.445 e.